The number of carbonyl (C=O) groups excluding carboxylic acids is 1. The molecule has 0 aliphatic carbocycles. The Kier molecular flexibility index (Phi) is 6.26. The van der Waals surface area contributed by atoms with E-state index in [0.29, 0.717) is 45.9 Å². The van der Waals surface area contributed by atoms with Crippen LogP contribution in [0.25, 0.3) is 0 Å². The van der Waals surface area contributed by atoms with E-state index in [-0.39, 0.29) is 11.7 Å². The van der Waals surface area contributed by atoms with Gasteiger partial charge in [0.25, 0.3) is 5.91 Å². The van der Waals surface area contributed by atoms with Crippen molar-refractivity contribution in [1.29, 1.82) is 0 Å². The van der Waals surface area contributed by atoms with Gasteiger partial charge in [0.15, 0.2) is 11.5 Å². The molecule has 0 atom stereocenters. The molecule has 0 unspecified atom stereocenters. The normalized spacial score (nSPS) is 10.7. The first-order chi connectivity index (χ1) is 11.8. The lowest BCUT2D eigenvalue weighted by Gasteiger charge is -2.15. The third-order valence-electron chi connectivity index (χ3n) is 3.49. The van der Waals surface area contributed by atoms with Crippen LogP contribution in [-0.2, 0) is 0 Å². The van der Waals surface area contributed by atoms with Crippen molar-refractivity contribution in [1.82, 2.24) is 0 Å². The Hall–Kier alpha value is -2.27. The van der Waals surface area contributed by atoms with Gasteiger partial charge in [0.05, 0.1) is 18.7 Å². The number of ether oxygens (including phenoxy) is 2. The topological polar surface area (TPSA) is 47.6 Å². The molecule has 0 bridgehead atoms. The van der Waals surface area contributed by atoms with Crippen molar-refractivity contribution in [3.63, 3.8) is 0 Å². The zero-order chi connectivity index (χ0) is 18.6. The van der Waals surface area contributed by atoms with Crippen molar-refractivity contribution >= 4 is 23.2 Å². The highest BCUT2D eigenvalue weighted by Gasteiger charge is 2.17. The Labute approximate surface area is 151 Å². The van der Waals surface area contributed by atoms with Crippen molar-refractivity contribution in [2.45, 2.75) is 20.8 Å². The van der Waals surface area contributed by atoms with E-state index in [0.717, 1.165) is 0 Å². The number of hydrogen-bond acceptors (Lipinski definition) is 3. The van der Waals surface area contributed by atoms with Crippen LogP contribution in [0.15, 0.2) is 30.3 Å². The fourth-order valence-electron chi connectivity index (χ4n) is 2.20. The minimum atomic E-state index is -0.370. The van der Waals surface area contributed by atoms with Crippen LogP contribution in [0.3, 0.4) is 0 Å². The van der Waals surface area contributed by atoms with Crippen LogP contribution in [0.2, 0.25) is 5.02 Å². The Morgan fingerprint density at radius 1 is 1.28 bits per heavy atom. The van der Waals surface area contributed by atoms with Gasteiger partial charge < -0.3 is 14.8 Å². The van der Waals surface area contributed by atoms with Gasteiger partial charge in [-0.05, 0) is 48.7 Å². The summed E-state index contributed by atoms with van der Waals surface area (Å²) in [5.74, 6) is 0.392. The van der Waals surface area contributed by atoms with Gasteiger partial charge in [-0.25, -0.2) is 4.39 Å². The molecule has 2 rings (SSSR count). The molecule has 0 saturated heterocycles. The lowest BCUT2D eigenvalue weighted by atomic mass is 10.1. The van der Waals surface area contributed by atoms with E-state index in [1.165, 1.54) is 31.4 Å². The molecule has 0 aliphatic heterocycles. The smallest absolute Gasteiger partial charge is 0.255 e. The van der Waals surface area contributed by atoms with E-state index >= 15 is 0 Å². The number of anilines is 1. The Morgan fingerprint density at radius 3 is 2.60 bits per heavy atom. The number of amides is 1. The van der Waals surface area contributed by atoms with E-state index < -0.39 is 0 Å². The molecule has 0 saturated carbocycles. The SMILES string of the molecule is COc1cc(C(=O)Nc2ccc(F)cc2C)cc(Cl)c1OCC(C)C. The first-order valence-corrected chi connectivity index (χ1v) is 8.27. The minimum absolute atomic E-state index is 0.293. The Morgan fingerprint density at radius 2 is 2.00 bits per heavy atom. The van der Waals surface area contributed by atoms with Crippen molar-refractivity contribution < 1.29 is 18.7 Å². The number of rotatable bonds is 6. The van der Waals surface area contributed by atoms with E-state index in [1.54, 1.807) is 13.0 Å². The fraction of sp³-hybridized carbons (Fsp3) is 0.316. The largest absolute Gasteiger partial charge is 0.493 e. The lowest BCUT2D eigenvalue weighted by molar-refractivity contribution is 0.102. The average molecular weight is 366 g/mol. The average Bonchev–Trinajstić information content (AvgIpc) is 2.55. The number of benzene rings is 2. The summed E-state index contributed by atoms with van der Waals surface area (Å²) < 4.78 is 24.1. The summed E-state index contributed by atoms with van der Waals surface area (Å²) in [4.78, 5) is 12.5. The molecule has 2 aromatic carbocycles. The van der Waals surface area contributed by atoms with Crippen LogP contribution >= 0.6 is 11.6 Å². The number of halogens is 2. The molecule has 0 heterocycles. The third-order valence-corrected chi connectivity index (χ3v) is 3.77. The molecule has 25 heavy (non-hydrogen) atoms. The molecule has 0 aromatic heterocycles. The molecule has 0 radical (unpaired) electrons. The first-order valence-electron chi connectivity index (χ1n) is 7.89. The van der Waals surface area contributed by atoms with Crippen molar-refractivity contribution in [3.8, 4) is 11.5 Å². The minimum Gasteiger partial charge on any atom is -0.493 e. The van der Waals surface area contributed by atoms with Crippen molar-refractivity contribution in [2.24, 2.45) is 5.92 Å². The van der Waals surface area contributed by atoms with E-state index in [1.807, 2.05) is 13.8 Å². The zero-order valence-corrected chi connectivity index (χ0v) is 15.4. The van der Waals surface area contributed by atoms with Gasteiger partial charge in [-0.1, -0.05) is 25.4 Å². The van der Waals surface area contributed by atoms with Gasteiger partial charge in [-0.2, -0.15) is 0 Å². The number of hydrogen-bond donors (Lipinski definition) is 1. The quantitative estimate of drug-likeness (QED) is 0.776. The maximum absolute atomic E-state index is 13.2. The molecule has 134 valence electrons. The second-order valence-corrected chi connectivity index (χ2v) is 6.51. The van der Waals surface area contributed by atoms with Crippen LogP contribution in [0.1, 0.15) is 29.8 Å². The van der Waals surface area contributed by atoms with E-state index in [2.05, 4.69) is 5.32 Å². The first kappa shape index (κ1) is 19.1. The second-order valence-electron chi connectivity index (χ2n) is 6.11. The summed E-state index contributed by atoms with van der Waals surface area (Å²) in [6, 6.07) is 7.25. The molecule has 1 amide bonds. The van der Waals surface area contributed by atoms with Gasteiger partial charge in [-0.3, -0.25) is 4.79 Å². The summed E-state index contributed by atoms with van der Waals surface area (Å²) in [5.41, 5.74) is 1.48. The maximum atomic E-state index is 13.2. The number of aryl methyl sites for hydroxylation is 1. The van der Waals surface area contributed by atoms with Crippen LogP contribution in [0.4, 0.5) is 10.1 Å². The molecule has 0 aliphatic rings. The van der Waals surface area contributed by atoms with Crippen molar-refractivity contribution in [3.05, 3.63) is 52.3 Å². The van der Waals surface area contributed by atoms with Gasteiger partial charge >= 0.3 is 0 Å². The fourth-order valence-corrected chi connectivity index (χ4v) is 2.47. The highest BCUT2D eigenvalue weighted by atomic mass is 35.5. The van der Waals surface area contributed by atoms with Crippen LogP contribution < -0.4 is 14.8 Å². The lowest BCUT2D eigenvalue weighted by Crippen LogP contribution is -2.14. The summed E-state index contributed by atoms with van der Waals surface area (Å²) in [6.45, 7) is 6.24. The Balaban J connectivity index is 2.26. The molecular formula is C19H21ClFNO3. The van der Waals surface area contributed by atoms with Gasteiger partial charge in [0.2, 0.25) is 0 Å². The number of methoxy groups -OCH3 is 1. The molecule has 0 spiro atoms. The number of carbonyl (C=O) groups is 1. The van der Waals surface area contributed by atoms with Crippen molar-refractivity contribution in [2.75, 3.05) is 19.0 Å². The molecule has 4 nitrogen and oxygen atoms in total. The summed E-state index contributed by atoms with van der Waals surface area (Å²) in [6.07, 6.45) is 0. The zero-order valence-electron chi connectivity index (χ0n) is 14.7. The Bertz CT molecular complexity index is 778. The highest BCUT2D eigenvalue weighted by Crippen LogP contribution is 2.37. The van der Waals surface area contributed by atoms with Crippen LogP contribution in [0, 0.1) is 18.7 Å². The van der Waals surface area contributed by atoms with E-state index in [4.69, 9.17) is 21.1 Å². The standard InChI is InChI=1S/C19H21ClFNO3/c1-11(2)10-25-18-15(20)8-13(9-17(18)24-4)19(23)22-16-6-5-14(21)7-12(16)3/h5-9,11H,10H2,1-4H3,(H,22,23). The second kappa shape index (κ2) is 8.21. The van der Waals surface area contributed by atoms with Gasteiger partial charge in [0, 0.05) is 11.3 Å². The molecular weight excluding hydrogens is 345 g/mol. The van der Waals surface area contributed by atoms with Crippen LogP contribution in [-0.4, -0.2) is 19.6 Å². The molecule has 0 fully saturated rings. The van der Waals surface area contributed by atoms with E-state index in [9.17, 15) is 9.18 Å². The number of nitrogens with one attached hydrogen (secondary N) is 1. The summed E-state index contributed by atoms with van der Waals surface area (Å²) in [7, 11) is 1.49. The molecule has 2 aromatic rings. The molecule has 1 N–H and O–H groups in total. The molecule has 6 heteroatoms. The summed E-state index contributed by atoms with van der Waals surface area (Å²) >= 11 is 6.26. The third kappa shape index (κ3) is 4.86. The summed E-state index contributed by atoms with van der Waals surface area (Å²) in [5, 5.41) is 3.03. The van der Waals surface area contributed by atoms with Crippen LogP contribution in [0.5, 0.6) is 11.5 Å². The predicted octanol–water partition coefficient (Wildman–Crippen LogP) is 5.08. The highest BCUT2D eigenvalue weighted by molar-refractivity contribution is 6.32. The maximum Gasteiger partial charge on any atom is 0.255 e. The monoisotopic (exact) mass is 365 g/mol. The van der Waals surface area contributed by atoms with Gasteiger partial charge in [0.1, 0.15) is 5.82 Å². The predicted molar refractivity (Wildman–Crippen MR) is 97.4 cm³/mol. The van der Waals surface area contributed by atoms with Gasteiger partial charge in [-0.15, -0.1) is 0 Å².